The van der Waals surface area contributed by atoms with E-state index in [0.717, 1.165) is 0 Å². The van der Waals surface area contributed by atoms with Gasteiger partial charge in [-0.3, -0.25) is 4.79 Å². The Morgan fingerprint density at radius 1 is 0.744 bits per heavy atom. The summed E-state index contributed by atoms with van der Waals surface area (Å²) in [5.41, 5.74) is 4.77. The van der Waals surface area contributed by atoms with Crippen LogP contribution in [0.3, 0.4) is 0 Å². The van der Waals surface area contributed by atoms with E-state index in [-0.39, 0.29) is 29.9 Å². The minimum atomic E-state index is -1.12. The van der Waals surface area contributed by atoms with Crippen LogP contribution in [0.15, 0.2) is 18.2 Å². The zero-order valence-corrected chi connectivity index (χ0v) is 27.4. The summed E-state index contributed by atoms with van der Waals surface area (Å²) in [7, 11) is 0. The van der Waals surface area contributed by atoms with Crippen molar-refractivity contribution in [3.05, 3.63) is 23.8 Å². The van der Waals surface area contributed by atoms with Crippen molar-refractivity contribution in [2.24, 2.45) is 11.1 Å². The zero-order chi connectivity index (χ0) is 33.2. The van der Waals surface area contributed by atoms with Gasteiger partial charge in [0, 0.05) is 0 Å². The molecule has 0 saturated carbocycles. The average Bonchev–Trinajstić information content (AvgIpc) is 2.87. The second kappa shape index (κ2) is 15.8. The van der Waals surface area contributed by atoms with Crippen molar-refractivity contribution in [1.82, 2.24) is 0 Å². The number of nitrogens with two attached hydrogens (primary N) is 1. The molecule has 2 N–H and O–H groups in total. The number of carbonyl (C=O) groups is 4. The van der Waals surface area contributed by atoms with E-state index in [0.29, 0.717) is 18.4 Å². The Hall–Kier alpha value is -3.54. The van der Waals surface area contributed by atoms with E-state index in [2.05, 4.69) is 0 Å². The maximum Gasteiger partial charge on any atom is 0.514 e. The quantitative estimate of drug-likeness (QED) is 0.147. The summed E-state index contributed by atoms with van der Waals surface area (Å²) < 4.78 is 37.1. The van der Waals surface area contributed by atoms with Gasteiger partial charge in [0.2, 0.25) is 0 Å². The number of ether oxygens (including phenoxy) is 7. The summed E-state index contributed by atoms with van der Waals surface area (Å²) >= 11 is 0. The number of hydrogen-bond donors (Lipinski definition) is 1. The van der Waals surface area contributed by atoms with Crippen molar-refractivity contribution in [1.29, 1.82) is 0 Å². The molecule has 0 aliphatic carbocycles. The van der Waals surface area contributed by atoms with E-state index in [9.17, 15) is 19.2 Å². The molecule has 0 amide bonds. The first-order valence-electron chi connectivity index (χ1n) is 14.4. The SMILES string of the molecule is CCC(C)(C)OC(=O)Oc1ccc(C[C@H](N)C(=O)O[C@@H](C)C(C)OC(=O)OCC(C)(C)C)cc1OC(=O)OC(C)(C)CC. The van der Waals surface area contributed by atoms with E-state index in [1.807, 2.05) is 34.6 Å². The lowest BCUT2D eigenvalue weighted by Gasteiger charge is -2.24. The molecule has 1 unspecified atom stereocenters. The molecule has 0 aliphatic rings. The fourth-order valence-electron chi connectivity index (χ4n) is 2.92. The van der Waals surface area contributed by atoms with Crippen LogP contribution < -0.4 is 15.2 Å². The van der Waals surface area contributed by atoms with Crippen LogP contribution >= 0.6 is 0 Å². The molecular weight excluding hydrogens is 562 g/mol. The minimum Gasteiger partial charge on any atom is -0.458 e. The highest BCUT2D eigenvalue weighted by Gasteiger charge is 2.28. The molecule has 244 valence electrons. The van der Waals surface area contributed by atoms with Gasteiger partial charge >= 0.3 is 24.4 Å². The molecule has 12 heteroatoms. The van der Waals surface area contributed by atoms with Gasteiger partial charge in [-0.2, -0.15) is 0 Å². The van der Waals surface area contributed by atoms with E-state index < -0.39 is 53.9 Å². The molecule has 0 spiro atoms. The van der Waals surface area contributed by atoms with Crippen LogP contribution in [-0.2, 0) is 34.9 Å². The molecule has 0 aromatic heterocycles. The highest BCUT2D eigenvalue weighted by Crippen LogP contribution is 2.31. The van der Waals surface area contributed by atoms with Gasteiger partial charge in [0.15, 0.2) is 11.5 Å². The molecule has 0 heterocycles. The third kappa shape index (κ3) is 14.5. The molecule has 0 bridgehead atoms. The summed E-state index contributed by atoms with van der Waals surface area (Å²) in [4.78, 5) is 49.6. The molecule has 3 atom stereocenters. The molecule has 12 nitrogen and oxygen atoms in total. The summed E-state index contributed by atoms with van der Waals surface area (Å²) in [5.74, 6) is -0.977. The molecule has 1 aromatic carbocycles. The Kier molecular flexibility index (Phi) is 13.8. The molecular formula is C31H49NO11. The first kappa shape index (κ1) is 37.5. The third-order valence-electron chi connectivity index (χ3n) is 6.44. The fourth-order valence-corrected chi connectivity index (χ4v) is 2.92. The Labute approximate surface area is 254 Å². The predicted molar refractivity (Wildman–Crippen MR) is 158 cm³/mol. The topological polar surface area (TPSA) is 159 Å². The van der Waals surface area contributed by atoms with Gasteiger partial charge in [-0.15, -0.1) is 0 Å². The number of benzene rings is 1. The maximum absolute atomic E-state index is 12.7. The van der Waals surface area contributed by atoms with Crippen molar-refractivity contribution < 1.29 is 52.3 Å². The lowest BCUT2D eigenvalue weighted by Crippen LogP contribution is -2.39. The van der Waals surface area contributed by atoms with Gasteiger partial charge in [-0.1, -0.05) is 40.7 Å². The van der Waals surface area contributed by atoms with Crippen LogP contribution in [0.4, 0.5) is 14.4 Å². The number of rotatable bonds is 13. The fraction of sp³-hybridized carbons (Fsp3) is 0.677. The van der Waals surface area contributed by atoms with Crippen molar-refractivity contribution in [3.63, 3.8) is 0 Å². The van der Waals surface area contributed by atoms with Gasteiger partial charge in [-0.25, -0.2) is 14.4 Å². The van der Waals surface area contributed by atoms with Crippen LogP contribution in [0.5, 0.6) is 11.5 Å². The van der Waals surface area contributed by atoms with Crippen LogP contribution in [0.1, 0.15) is 94.6 Å². The molecule has 43 heavy (non-hydrogen) atoms. The van der Waals surface area contributed by atoms with Gasteiger partial charge < -0.3 is 38.9 Å². The normalized spacial score (nSPS) is 14.0. The predicted octanol–water partition coefficient (Wildman–Crippen LogP) is 6.48. The second-order valence-corrected chi connectivity index (χ2v) is 12.8. The molecule has 0 saturated heterocycles. The highest BCUT2D eigenvalue weighted by molar-refractivity contribution is 5.76. The van der Waals surface area contributed by atoms with Gasteiger partial charge in [-0.05, 0) is 83.9 Å². The smallest absolute Gasteiger partial charge is 0.458 e. The minimum absolute atomic E-state index is 0.0200. The summed E-state index contributed by atoms with van der Waals surface area (Å²) in [6.45, 7) is 19.6. The van der Waals surface area contributed by atoms with Crippen molar-refractivity contribution >= 4 is 24.4 Å². The van der Waals surface area contributed by atoms with Gasteiger partial charge in [0.05, 0.1) is 6.61 Å². The van der Waals surface area contributed by atoms with Crippen molar-refractivity contribution in [3.8, 4) is 11.5 Å². The Morgan fingerprint density at radius 2 is 1.23 bits per heavy atom. The lowest BCUT2D eigenvalue weighted by molar-refractivity contribution is -0.155. The standard InChI is InChI=1S/C31H49NO11/c1-12-30(8,9)42-27(35)40-23-15-14-21(17-24(23)41-28(36)43-31(10,11)13-2)16-22(32)25(33)38-19(3)20(4)39-26(34)37-18-29(5,6)7/h14-15,17,19-20,22H,12-13,16,18,32H2,1-11H3/t19-,20?,22-/m0/s1. The molecule has 0 aliphatic heterocycles. The molecule has 1 aromatic rings. The summed E-state index contributed by atoms with van der Waals surface area (Å²) in [6.07, 6.45) is -3.42. The number of esters is 1. The first-order chi connectivity index (χ1) is 19.7. The zero-order valence-electron chi connectivity index (χ0n) is 27.4. The van der Waals surface area contributed by atoms with E-state index >= 15 is 0 Å². The molecule has 0 radical (unpaired) electrons. The van der Waals surface area contributed by atoms with E-state index in [4.69, 9.17) is 38.9 Å². The number of carbonyl (C=O) groups excluding carboxylic acids is 4. The van der Waals surface area contributed by atoms with Crippen molar-refractivity contribution in [2.75, 3.05) is 6.61 Å². The average molecular weight is 612 g/mol. The van der Waals surface area contributed by atoms with Crippen molar-refractivity contribution in [2.45, 2.75) is 125 Å². The van der Waals surface area contributed by atoms with E-state index in [1.165, 1.54) is 12.1 Å². The maximum atomic E-state index is 12.7. The van der Waals surface area contributed by atoms with Crippen LogP contribution in [0, 0.1) is 5.41 Å². The van der Waals surface area contributed by atoms with Gasteiger partial charge in [0.25, 0.3) is 0 Å². The number of hydrogen-bond acceptors (Lipinski definition) is 12. The monoisotopic (exact) mass is 611 g/mol. The first-order valence-corrected chi connectivity index (χ1v) is 14.4. The largest absolute Gasteiger partial charge is 0.514 e. The lowest BCUT2D eigenvalue weighted by atomic mass is 9.99. The van der Waals surface area contributed by atoms with Crippen LogP contribution in [-0.4, -0.2) is 60.5 Å². The van der Waals surface area contributed by atoms with Crippen LogP contribution in [0.2, 0.25) is 0 Å². The van der Waals surface area contributed by atoms with Gasteiger partial charge in [0.1, 0.15) is 29.5 Å². The highest BCUT2D eigenvalue weighted by atomic mass is 16.8. The second-order valence-electron chi connectivity index (χ2n) is 12.8. The van der Waals surface area contributed by atoms with Crippen LogP contribution in [0.25, 0.3) is 0 Å². The van der Waals surface area contributed by atoms with E-state index in [1.54, 1.807) is 47.6 Å². The summed E-state index contributed by atoms with van der Waals surface area (Å²) in [5, 5.41) is 0. The molecule has 0 fully saturated rings. The Bertz CT molecular complexity index is 1110. The summed E-state index contributed by atoms with van der Waals surface area (Å²) in [6, 6.07) is 3.22. The Balaban J connectivity index is 2.99. The molecule has 1 rings (SSSR count). The Morgan fingerprint density at radius 3 is 1.72 bits per heavy atom. The third-order valence-corrected chi connectivity index (χ3v) is 6.44.